The second kappa shape index (κ2) is 14.2. The van der Waals surface area contributed by atoms with Crippen LogP contribution in [0.2, 0.25) is 0 Å². The summed E-state index contributed by atoms with van der Waals surface area (Å²) >= 11 is 1.69. The van der Waals surface area contributed by atoms with Gasteiger partial charge in [-0.3, -0.25) is 0 Å². The SMILES string of the molecule is Cc1c[c-]c2c(c1)-c1cc(C)ccc1C2.[Cl-].[Cl-].[Zr+2]=[C]1CCCCCC1.c1cc[cH-]c1. The van der Waals surface area contributed by atoms with E-state index in [4.69, 9.17) is 0 Å². The average molecular weight is 517 g/mol. The number of hydrogen-bond donors (Lipinski definition) is 0. The molecule has 3 aromatic rings. The first kappa shape index (κ1) is 27.2. The first-order chi connectivity index (χ1) is 13.6. The molecule has 0 bridgehead atoms. The minimum atomic E-state index is 0. The number of aryl methyl sites for hydroxylation is 2. The van der Waals surface area contributed by atoms with Gasteiger partial charge in [-0.2, -0.15) is 47.5 Å². The molecule has 0 aliphatic heterocycles. The minimum Gasteiger partial charge on any atom is -0.214 e. The maximum atomic E-state index is 3.38. The Bertz CT molecular complexity index is 821. The van der Waals surface area contributed by atoms with Gasteiger partial charge in [-0.15, -0.1) is 5.56 Å². The molecule has 0 heterocycles. The van der Waals surface area contributed by atoms with E-state index in [1.54, 1.807) is 24.2 Å². The van der Waals surface area contributed by atoms with Gasteiger partial charge in [0.15, 0.2) is 0 Å². The third kappa shape index (κ3) is 8.34. The van der Waals surface area contributed by atoms with Crippen LogP contribution in [0.5, 0.6) is 0 Å². The molecule has 0 saturated heterocycles. The van der Waals surface area contributed by atoms with Crippen LogP contribution in [0.15, 0.2) is 60.7 Å². The molecular weight excluding hydrogens is 486 g/mol. The van der Waals surface area contributed by atoms with Gasteiger partial charge in [-0.1, -0.05) is 41.8 Å². The third-order valence-electron chi connectivity index (χ3n) is 5.36. The van der Waals surface area contributed by atoms with Gasteiger partial charge in [-0.05, 0) is 13.3 Å². The largest absolute Gasteiger partial charge is 0.214 e. The number of benzene rings is 2. The van der Waals surface area contributed by atoms with Crippen LogP contribution < -0.4 is 24.8 Å². The predicted octanol–water partition coefficient (Wildman–Crippen LogP) is 1.15. The monoisotopic (exact) mass is 514 g/mol. The molecular formula is C27H30Cl2Zr-2. The summed E-state index contributed by atoms with van der Waals surface area (Å²) in [5, 5.41) is 0. The van der Waals surface area contributed by atoms with Crippen molar-refractivity contribution in [3.05, 3.63) is 89.0 Å². The van der Waals surface area contributed by atoms with Crippen LogP contribution in [-0.2, 0) is 30.7 Å². The zero-order valence-electron chi connectivity index (χ0n) is 18.0. The maximum absolute atomic E-state index is 3.38. The van der Waals surface area contributed by atoms with Crippen molar-refractivity contribution in [3.63, 3.8) is 0 Å². The van der Waals surface area contributed by atoms with E-state index in [9.17, 15) is 0 Å². The molecule has 5 rings (SSSR count). The summed E-state index contributed by atoms with van der Waals surface area (Å²) in [7, 11) is 0. The second-order valence-electron chi connectivity index (χ2n) is 7.89. The standard InChI is InChI=1S/C15H13.C7H12.C5H5.2ClH.Zr/c1-10-3-5-12-9-13-6-4-11(2)8-15(13)14(12)7-10;1-2-4-6-7-5-3-1;1-2-4-5-3-1;;;/h3-5,7-8H,9H2,1-2H3;1-6H2;1-5H;2*1H;/q-1;;-1;;;+2/p-2. The van der Waals surface area contributed by atoms with Crippen molar-refractivity contribution in [2.45, 2.75) is 58.8 Å². The Morgan fingerprint density at radius 2 is 1.47 bits per heavy atom. The summed E-state index contributed by atoms with van der Waals surface area (Å²) in [4.78, 5) is 0. The number of rotatable bonds is 0. The number of hydrogen-bond acceptors (Lipinski definition) is 0. The number of fused-ring (bicyclic) bond motifs is 3. The molecule has 0 nitrogen and oxygen atoms in total. The van der Waals surface area contributed by atoms with Gasteiger partial charge >= 0.3 is 66.0 Å². The molecule has 2 aliphatic rings. The zero-order valence-corrected chi connectivity index (χ0v) is 21.9. The second-order valence-corrected chi connectivity index (χ2v) is 9.62. The normalized spacial score (nSPS) is 13.7. The third-order valence-corrected chi connectivity index (χ3v) is 6.59. The Balaban J connectivity index is 0.000000255. The molecule has 0 spiro atoms. The van der Waals surface area contributed by atoms with Crippen LogP contribution in [0.25, 0.3) is 11.1 Å². The Morgan fingerprint density at radius 3 is 2.07 bits per heavy atom. The van der Waals surface area contributed by atoms with E-state index in [0.29, 0.717) is 0 Å². The van der Waals surface area contributed by atoms with Crippen molar-refractivity contribution in [2.24, 2.45) is 0 Å². The van der Waals surface area contributed by atoms with E-state index in [2.05, 4.69) is 50.2 Å². The molecule has 3 aromatic carbocycles. The van der Waals surface area contributed by atoms with E-state index in [1.165, 1.54) is 71.9 Å². The Kier molecular flexibility index (Phi) is 12.9. The predicted molar refractivity (Wildman–Crippen MR) is 118 cm³/mol. The van der Waals surface area contributed by atoms with Crippen molar-refractivity contribution >= 4 is 3.21 Å². The van der Waals surface area contributed by atoms with Crippen molar-refractivity contribution in [1.82, 2.24) is 0 Å². The average Bonchev–Trinajstić information content (AvgIpc) is 3.31. The molecule has 0 atom stereocenters. The van der Waals surface area contributed by atoms with E-state index in [-0.39, 0.29) is 24.8 Å². The van der Waals surface area contributed by atoms with Crippen LogP contribution in [0.3, 0.4) is 0 Å². The topological polar surface area (TPSA) is 0 Å². The first-order valence-corrected chi connectivity index (χ1v) is 11.7. The zero-order chi connectivity index (χ0) is 19.8. The van der Waals surface area contributed by atoms with Gasteiger partial charge in [0.1, 0.15) is 0 Å². The van der Waals surface area contributed by atoms with E-state index < -0.39 is 0 Å². The van der Waals surface area contributed by atoms with Gasteiger partial charge in [0.25, 0.3) is 0 Å². The van der Waals surface area contributed by atoms with Crippen molar-refractivity contribution in [3.8, 4) is 11.1 Å². The first-order valence-electron chi connectivity index (χ1n) is 10.5. The Hall–Kier alpha value is -0.877. The van der Waals surface area contributed by atoms with Gasteiger partial charge in [0.2, 0.25) is 0 Å². The summed E-state index contributed by atoms with van der Waals surface area (Å²) in [6.07, 6.45) is 9.85. The quantitative estimate of drug-likeness (QED) is 0.243. The van der Waals surface area contributed by atoms with Crippen molar-refractivity contribution in [1.29, 1.82) is 0 Å². The van der Waals surface area contributed by atoms with Crippen LogP contribution in [0, 0.1) is 19.9 Å². The summed E-state index contributed by atoms with van der Waals surface area (Å²) in [6.45, 7) is 4.28. The summed E-state index contributed by atoms with van der Waals surface area (Å²) in [5.74, 6) is 0. The van der Waals surface area contributed by atoms with Crippen LogP contribution in [0.1, 0.15) is 60.8 Å². The molecule has 0 amide bonds. The van der Waals surface area contributed by atoms with Crippen LogP contribution in [-0.4, -0.2) is 3.21 Å². The molecule has 3 heteroatoms. The van der Waals surface area contributed by atoms with E-state index in [1.807, 2.05) is 33.5 Å². The fourth-order valence-corrected chi connectivity index (χ4v) is 4.65. The van der Waals surface area contributed by atoms with Gasteiger partial charge in [0, 0.05) is 0 Å². The molecule has 30 heavy (non-hydrogen) atoms. The number of halogens is 2. The van der Waals surface area contributed by atoms with Crippen LogP contribution in [0.4, 0.5) is 0 Å². The fourth-order valence-electron chi connectivity index (χ4n) is 3.78. The molecule has 0 aromatic heterocycles. The van der Waals surface area contributed by atoms with Crippen molar-refractivity contribution in [2.75, 3.05) is 0 Å². The van der Waals surface area contributed by atoms with Crippen molar-refractivity contribution < 1.29 is 49.0 Å². The van der Waals surface area contributed by atoms with Gasteiger partial charge in [0.05, 0.1) is 0 Å². The van der Waals surface area contributed by atoms with Crippen LogP contribution >= 0.6 is 0 Å². The molecule has 2 aliphatic carbocycles. The fraction of sp³-hybridized carbons (Fsp3) is 0.333. The molecule has 0 radical (unpaired) electrons. The summed E-state index contributed by atoms with van der Waals surface area (Å²) in [6, 6.07) is 24.5. The van der Waals surface area contributed by atoms with E-state index >= 15 is 0 Å². The molecule has 1 saturated carbocycles. The maximum Gasteiger partial charge on any atom is -0.172 e. The Morgan fingerprint density at radius 1 is 0.833 bits per heavy atom. The summed E-state index contributed by atoms with van der Waals surface area (Å²) in [5.41, 5.74) is 8.21. The minimum absolute atomic E-state index is 0. The summed E-state index contributed by atoms with van der Waals surface area (Å²) < 4.78 is 1.81. The van der Waals surface area contributed by atoms with Gasteiger partial charge < -0.3 is 24.8 Å². The molecule has 1 fully saturated rings. The van der Waals surface area contributed by atoms with Gasteiger partial charge in [-0.25, -0.2) is 12.1 Å². The Labute approximate surface area is 210 Å². The smallest absolute Gasteiger partial charge is 0.172 e. The molecule has 0 N–H and O–H groups in total. The molecule has 0 unspecified atom stereocenters. The molecule has 158 valence electrons. The van der Waals surface area contributed by atoms with E-state index in [0.717, 1.165) is 6.42 Å².